The van der Waals surface area contributed by atoms with Gasteiger partial charge in [-0.25, -0.2) is 9.78 Å². The second kappa shape index (κ2) is 5.33. The maximum Gasteiger partial charge on any atom is 0.324 e. The maximum atomic E-state index is 12.2. The van der Waals surface area contributed by atoms with E-state index >= 15 is 0 Å². The van der Waals surface area contributed by atoms with Crippen molar-refractivity contribution in [3.05, 3.63) is 23.2 Å². The molecule has 3 rings (SSSR count). The number of imide groups is 1. The third-order valence-corrected chi connectivity index (χ3v) is 4.31. The molecular formula is C14H16N4O2S. The van der Waals surface area contributed by atoms with Gasteiger partial charge in [0.25, 0.3) is 5.91 Å². The van der Waals surface area contributed by atoms with Crippen LogP contribution in [-0.2, 0) is 4.79 Å². The van der Waals surface area contributed by atoms with Crippen LogP contribution >= 0.6 is 11.3 Å². The van der Waals surface area contributed by atoms with Crippen molar-refractivity contribution in [2.24, 2.45) is 0 Å². The minimum Gasteiger partial charge on any atom is -0.374 e. The molecule has 0 saturated carbocycles. The molecule has 1 aromatic carbocycles. The molecule has 1 aliphatic heterocycles. The zero-order valence-electron chi connectivity index (χ0n) is 11.8. The van der Waals surface area contributed by atoms with Crippen LogP contribution < -0.4 is 10.6 Å². The molecule has 2 heterocycles. The summed E-state index contributed by atoms with van der Waals surface area (Å²) in [6.45, 7) is 4.67. The minimum atomic E-state index is -0.458. The second-order valence-corrected chi connectivity index (χ2v) is 6.24. The zero-order chi connectivity index (χ0) is 15.0. The van der Waals surface area contributed by atoms with Crippen molar-refractivity contribution in [2.75, 3.05) is 18.4 Å². The number of nitrogens with one attached hydrogen (secondary N) is 2. The third-order valence-electron chi connectivity index (χ3n) is 3.37. The number of carbonyl (C=O) groups excluding carboxylic acids is 2. The standard InChI is InChI=1S/C14H16N4O2S/c1-8(13(19)18-6-5-15-14(18)20)16-10-3-4-11-12(7-10)21-9(2)17-11/h3-4,7-8,16H,5-6H2,1-2H3,(H,15,20)/t8-/m1/s1. The van der Waals surface area contributed by atoms with Gasteiger partial charge in [-0.1, -0.05) is 0 Å². The number of benzene rings is 1. The lowest BCUT2D eigenvalue weighted by molar-refractivity contribution is -0.128. The van der Waals surface area contributed by atoms with Gasteiger partial charge in [-0.05, 0) is 32.0 Å². The van der Waals surface area contributed by atoms with E-state index in [1.54, 1.807) is 18.3 Å². The van der Waals surface area contributed by atoms with E-state index in [-0.39, 0.29) is 11.9 Å². The van der Waals surface area contributed by atoms with Crippen LogP contribution in [0.4, 0.5) is 10.5 Å². The van der Waals surface area contributed by atoms with E-state index in [1.807, 2.05) is 25.1 Å². The first-order valence-corrected chi connectivity index (χ1v) is 7.59. The number of rotatable bonds is 3. The average Bonchev–Trinajstić information content (AvgIpc) is 3.02. The van der Waals surface area contributed by atoms with Crippen LogP contribution in [0.25, 0.3) is 10.2 Å². The zero-order valence-corrected chi connectivity index (χ0v) is 12.7. The largest absolute Gasteiger partial charge is 0.374 e. The normalized spacial score (nSPS) is 16.1. The number of aromatic nitrogens is 1. The molecule has 1 atom stereocenters. The van der Waals surface area contributed by atoms with Crippen molar-refractivity contribution in [1.82, 2.24) is 15.2 Å². The molecule has 21 heavy (non-hydrogen) atoms. The maximum absolute atomic E-state index is 12.2. The molecule has 1 aromatic heterocycles. The molecule has 1 aliphatic rings. The Kier molecular flexibility index (Phi) is 3.50. The predicted molar refractivity (Wildman–Crippen MR) is 82.6 cm³/mol. The highest BCUT2D eigenvalue weighted by Gasteiger charge is 2.29. The fraction of sp³-hybridized carbons (Fsp3) is 0.357. The van der Waals surface area contributed by atoms with Gasteiger partial charge in [0.05, 0.1) is 15.2 Å². The van der Waals surface area contributed by atoms with Crippen molar-refractivity contribution >= 4 is 39.2 Å². The summed E-state index contributed by atoms with van der Waals surface area (Å²) in [4.78, 5) is 29.4. The van der Waals surface area contributed by atoms with Crippen LogP contribution in [0.2, 0.25) is 0 Å². The number of hydrogen-bond donors (Lipinski definition) is 2. The fourth-order valence-corrected chi connectivity index (χ4v) is 3.22. The highest BCUT2D eigenvalue weighted by atomic mass is 32.1. The number of urea groups is 1. The van der Waals surface area contributed by atoms with Gasteiger partial charge in [0.1, 0.15) is 6.04 Å². The Morgan fingerprint density at radius 3 is 3.05 bits per heavy atom. The molecule has 7 heteroatoms. The van der Waals surface area contributed by atoms with Crippen LogP contribution in [0.3, 0.4) is 0 Å². The molecule has 0 radical (unpaired) electrons. The van der Waals surface area contributed by atoms with Crippen LogP contribution in [0.1, 0.15) is 11.9 Å². The van der Waals surface area contributed by atoms with Crippen molar-refractivity contribution in [2.45, 2.75) is 19.9 Å². The number of aryl methyl sites for hydroxylation is 1. The van der Waals surface area contributed by atoms with E-state index in [4.69, 9.17) is 0 Å². The Labute approximate surface area is 126 Å². The monoisotopic (exact) mass is 304 g/mol. The van der Waals surface area contributed by atoms with Crippen LogP contribution in [0.5, 0.6) is 0 Å². The van der Waals surface area contributed by atoms with Crippen LogP contribution in [0.15, 0.2) is 18.2 Å². The number of nitrogens with zero attached hydrogens (tertiary/aromatic N) is 2. The Morgan fingerprint density at radius 2 is 2.33 bits per heavy atom. The van der Waals surface area contributed by atoms with Gasteiger partial charge in [-0.3, -0.25) is 9.69 Å². The van der Waals surface area contributed by atoms with Gasteiger partial charge < -0.3 is 10.6 Å². The molecule has 3 amide bonds. The second-order valence-electron chi connectivity index (χ2n) is 5.00. The number of thiazole rings is 1. The number of carbonyl (C=O) groups is 2. The van der Waals surface area contributed by atoms with Gasteiger partial charge in [0.15, 0.2) is 0 Å². The smallest absolute Gasteiger partial charge is 0.324 e. The molecule has 110 valence electrons. The number of hydrogen-bond acceptors (Lipinski definition) is 5. The highest BCUT2D eigenvalue weighted by molar-refractivity contribution is 7.18. The molecule has 1 saturated heterocycles. The van der Waals surface area contributed by atoms with E-state index in [9.17, 15) is 9.59 Å². The highest BCUT2D eigenvalue weighted by Crippen LogP contribution is 2.25. The molecule has 0 spiro atoms. The summed E-state index contributed by atoms with van der Waals surface area (Å²) >= 11 is 1.62. The van der Waals surface area contributed by atoms with Crippen LogP contribution in [-0.4, -0.2) is 41.0 Å². The van der Waals surface area contributed by atoms with E-state index in [1.165, 1.54) is 4.90 Å². The summed E-state index contributed by atoms with van der Waals surface area (Å²) in [6, 6.07) is 5.03. The summed E-state index contributed by atoms with van der Waals surface area (Å²) in [5, 5.41) is 6.79. The Morgan fingerprint density at radius 1 is 1.52 bits per heavy atom. The number of amides is 3. The van der Waals surface area contributed by atoms with Gasteiger partial charge >= 0.3 is 6.03 Å². The first-order valence-electron chi connectivity index (χ1n) is 6.77. The Hall–Kier alpha value is -2.15. The lowest BCUT2D eigenvalue weighted by Gasteiger charge is -2.19. The van der Waals surface area contributed by atoms with Gasteiger partial charge in [0.2, 0.25) is 0 Å². The van der Waals surface area contributed by atoms with E-state index in [0.29, 0.717) is 13.1 Å². The topological polar surface area (TPSA) is 74.3 Å². The molecule has 0 bridgehead atoms. The summed E-state index contributed by atoms with van der Waals surface area (Å²) in [5.41, 5.74) is 1.81. The van der Waals surface area contributed by atoms with Crippen molar-refractivity contribution in [1.29, 1.82) is 0 Å². The van der Waals surface area contributed by atoms with E-state index < -0.39 is 6.04 Å². The summed E-state index contributed by atoms with van der Waals surface area (Å²) in [5.74, 6) is -0.217. The average molecular weight is 304 g/mol. The van der Waals surface area contributed by atoms with Gasteiger partial charge in [-0.15, -0.1) is 11.3 Å². The molecule has 2 aromatic rings. The molecular weight excluding hydrogens is 288 g/mol. The van der Waals surface area contributed by atoms with Crippen molar-refractivity contribution in [3.63, 3.8) is 0 Å². The predicted octanol–water partition coefficient (Wildman–Crippen LogP) is 1.96. The van der Waals surface area contributed by atoms with E-state index in [2.05, 4.69) is 15.6 Å². The minimum absolute atomic E-state index is 0.217. The van der Waals surface area contributed by atoms with Gasteiger partial charge in [-0.2, -0.15) is 0 Å². The SMILES string of the molecule is Cc1nc2ccc(N[C@H](C)C(=O)N3CCNC3=O)cc2s1. The number of fused-ring (bicyclic) bond motifs is 1. The van der Waals surface area contributed by atoms with Crippen molar-refractivity contribution in [3.8, 4) is 0 Å². The summed E-state index contributed by atoms with van der Waals surface area (Å²) in [7, 11) is 0. The van der Waals surface area contributed by atoms with Crippen LogP contribution in [0, 0.1) is 6.92 Å². The first kappa shape index (κ1) is 13.8. The first-order chi connectivity index (χ1) is 10.0. The molecule has 0 unspecified atom stereocenters. The quantitative estimate of drug-likeness (QED) is 0.909. The fourth-order valence-electron chi connectivity index (χ4n) is 2.36. The number of anilines is 1. The van der Waals surface area contributed by atoms with Crippen molar-refractivity contribution < 1.29 is 9.59 Å². The molecule has 1 fully saturated rings. The van der Waals surface area contributed by atoms with E-state index in [0.717, 1.165) is 20.9 Å². The van der Waals surface area contributed by atoms with Gasteiger partial charge in [0, 0.05) is 18.8 Å². The molecule has 6 nitrogen and oxygen atoms in total. The Bertz CT molecular complexity index is 712. The lowest BCUT2D eigenvalue weighted by atomic mass is 10.2. The lowest BCUT2D eigenvalue weighted by Crippen LogP contribution is -2.43. The molecule has 0 aliphatic carbocycles. The third kappa shape index (κ3) is 2.69. The molecule has 2 N–H and O–H groups in total. The Balaban J connectivity index is 1.74. The summed E-state index contributed by atoms with van der Waals surface area (Å²) in [6.07, 6.45) is 0. The summed E-state index contributed by atoms with van der Waals surface area (Å²) < 4.78 is 1.08.